The number of nitrogens with two attached hydrogens (primary N) is 1. The second-order valence-electron chi connectivity index (χ2n) is 8.19. The van der Waals surface area contributed by atoms with Gasteiger partial charge in [-0.25, -0.2) is 9.99 Å². The minimum Gasteiger partial charge on any atom is -0.494 e. The van der Waals surface area contributed by atoms with Gasteiger partial charge in [-0.1, -0.05) is 12.6 Å². The molecule has 4 rings (SSSR count). The summed E-state index contributed by atoms with van der Waals surface area (Å²) in [5.41, 5.74) is 0.855. The summed E-state index contributed by atoms with van der Waals surface area (Å²) in [6.07, 6.45) is -2.93. The third-order valence-corrected chi connectivity index (χ3v) is 5.40. The van der Waals surface area contributed by atoms with E-state index in [0.29, 0.717) is 36.4 Å². The number of amides is 1. The molecular weight excluding hydrogens is 489 g/mol. The zero-order valence-corrected chi connectivity index (χ0v) is 19.8. The predicted molar refractivity (Wildman–Crippen MR) is 135 cm³/mol. The highest BCUT2D eigenvalue weighted by Crippen LogP contribution is 2.36. The molecule has 1 aliphatic rings. The van der Waals surface area contributed by atoms with E-state index in [1.54, 1.807) is 41.4 Å². The van der Waals surface area contributed by atoms with Crippen molar-refractivity contribution in [3.05, 3.63) is 66.9 Å². The van der Waals surface area contributed by atoms with Gasteiger partial charge in [-0.3, -0.25) is 10.6 Å². The first kappa shape index (κ1) is 25.7. The molecule has 0 spiro atoms. The lowest BCUT2D eigenvalue weighted by Gasteiger charge is -2.36. The number of alkyl halides is 3. The Kier molecular flexibility index (Phi) is 7.45. The summed E-state index contributed by atoms with van der Waals surface area (Å²) >= 11 is 0. The van der Waals surface area contributed by atoms with Crippen molar-refractivity contribution in [1.82, 2.24) is 15.0 Å². The van der Waals surface area contributed by atoms with Crippen LogP contribution in [0.5, 0.6) is 5.75 Å². The number of halogens is 3. The number of rotatable bonds is 9. The van der Waals surface area contributed by atoms with Crippen LogP contribution < -0.4 is 31.8 Å². The van der Waals surface area contributed by atoms with Gasteiger partial charge in [0, 0.05) is 42.4 Å². The van der Waals surface area contributed by atoms with Crippen molar-refractivity contribution in [2.45, 2.75) is 12.2 Å². The number of hydrogen-bond donors (Lipinski definition) is 5. The van der Waals surface area contributed by atoms with Crippen LogP contribution in [0.1, 0.15) is 5.56 Å². The minimum absolute atomic E-state index is 0.0802. The van der Waals surface area contributed by atoms with Crippen LogP contribution in [-0.4, -0.2) is 47.1 Å². The zero-order chi connectivity index (χ0) is 26.6. The molecule has 3 aromatic rings. The molecule has 1 aliphatic heterocycles. The summed E-state index contributed by atoms with van der Waals surface area (Å²) in [6, 6.07) is 11.7. The molecule has 1 saturated heterocycles. The topological polar surface area (TPSA) is 129 Å². The van der Waals surface area contributed by atoms with Crippen LogP contribution in [0.25, 0.3) is 0 Å². The standard InChI is InChI=1S/C24H25F3N8O2/c1-3-21(36)31-14-5-4-6-15(9-14)32-22-18(24(25,26)27)11-29-23(34-22)33-19-8-7-16(10-20(19)37-2)30-17-12-35(28)13-17/h3-11,17,30H,1,12-13,28H2,2H3,(H,31,36)(H2,29,32,33,34). The first-order chi connectivity index (χ1) is 17.6. The fourth-order valence-corrected chi connectivity index (χ4v) is 3.59. The average Bonchev–Trinajstić information content (AvgIpc) is 2.83. The fourth-order valence-electron chi connectivity index (χ4n) is 3.59. The van der Waals surface area contributed by atoms with Crippen molar-refractivity contribution in [2.24, 2.45) is 5.84 Å². The average molecular weight is 515 g/mol. The lowest BCUT2D eigenvalue weighted by molar-refractivity contribution is -0.137. The molecule has 2 heterocycles. The van der Waals surface area contributed by atoms with Gasteiger partial charge in [-0.05, 0) is 36.4 Å². The number of aromatic nitrogens is 2. The smallest absolute Gasteiger partial charge is 0.421 e. The Labute approximate surface area is 210 Å². The van der Waals surface area contributed by atoms with E-state index < -0.39 is 23.5 Å². The highest BCUT2D eigenvalue weighted by Gasteiger charge is 2.35. The third kappa shape index (κ3) is 6.45. The first-order valence-corrected chi connectivity index (χ1v) is 11.1. The number of benzene rings is 2. The molecule has 0 aliphatic carbocycles. The first-order valence-electron chi connectivity index (χ1n) is 11.1. The Hall–Kier alpha value is -4.36. The maximum absolute atomic E-state index is 13.7. The quantitative estimate of drug-likeness (QED) is 0.212. The van der Waals surface area contributed by atoms with Crippen molar-refractivity contribution >= 4 is 40.4 Å². The molecule has 6 N–H and O–H groups in total. The minimum atomic E-state index is -4.71. The van der Waals surface area contributed by atoms with E-state index in [9.17, 15) is 18.0 Å². The van der Waals surface area contributed by atoms with Gasteiger partial charge in [-0.2, -0.15) is 18.2 Å². The molecule has 1 aromatic heterocycles. The highest BCUT2D eigenvalue weighted by molar-refractivity contribution is 5.99. The Morgan fingerprint density at radius 1 is 1.16 bits per heavy atom. The lowest BCUT2D eigenvalue weighted by Crippen LogP contribution is -2.57. The zero-order valence-electron chi connectivity index (χ0n) is 19.8. The maximum Gasteiger partial charge on any atom is 0.421 e. The van der Waals surface area contributed by atoms with E-state index >= 15 is 0 Å². The molecule has 0 saturated carbocycles. The van der Waals surface area contributed by atoms with Crippen LogP contribution in [0.2, 0.25) is 0 Å². The number of hydrogen-bond acceptors (Lipinski definition) is 9. The number of methoxy groups -OCH3 is 1. The van der Waals surface area contributed by atoms with Crippen LogP contribution in [0.3, 0.4) is 0 Å². The summed E-state index contributed by atoms with van der Waals surface area (Å²) in [5.74, 6) is 5.11. The van der Waals surface area contributed by atoms with E-state index in [0.717, 1.165) is 11.8 Å². The van der Waals surface area contributed by atoms with E-state index in [2.05, 4.69) is 37.8 Å². The largest absolute Gasteiger partial charge is 0.494 e. The van der Waals surface area contributed by atoms with Gasteiger partial charge in [0.25, 0.3) is 0 Å². The number of ether oxygens (including phenoxy) is 1. The molecule has 1 amide bonds. The second kappa shape index (κ2) is 10.7. The van der Waals surface area contributed by atoms with Crippen LogP contribution in [0, 0.1) is 0 Å². The molecule has 37 heavy (non-hydrogen) atoms. The second-order valence-corrected chi connectivity index (χ2v) is 8.19. The van der Waals surface area contributed by atoms with E-state index in [1.807, 2.05) is 0 Å². The summed E-state index contributed by atoms with van der Waals surface area (Å²) < 4.78 is 46.5. The molecule has 0 unspecified atom stereocenters. The highest BCUT2D eigenvalue weighted by atomic mass is 19.4. The molecule has 10 nitrogen and oxygen atoms in total. The van der Waals surface area contributed by atoms with Gasteiger partial charge >= 0.3 is 6.18 Å². The van der Waals surface area contributed by atoms with Gasteiger partial charge in [0.2, 0.25) is 11.9 Å². The molecule has 0 radical (unpaired) electrons. The lowest BCUT2D eigenvalue weighted by atomic mass is 10.1. The number of nitrogens with one attached hydrogen (secondary N) is 4. The number of carbonyl (C=O) groups is 1. The maximum atomic E-state index is 13.7. The molecule has 1 fully saturated rings. The summed E-state index contributed by atoms with van der Waals surface area (Å²) in [6.45, 7) is 4.79. The molecule has 0 bridgehead atoms. The van der Waals surface area contributed by atoms with Crippen molar-refractivity contribution in [2.75, 3.05) is 41.5 Å². The van der Waals surface area contributed by atoms with E-state index in [-0.39, 0.29) is 17.7 Å². The third-order valence-electron chi connectivity index (χ3n) is 5.40. The molecule has 194 valence electrons. The van der Waals surface area contributed by atoms with Crippen LogP contribution in [0.4, 0.5) is 47.7 Å². The van der Waals surface area contributed by atoms with Crippen LogP contribution in [0.15, 0.2) is 61.3 Å². The Bertz CT molecular complexity index is 1300. The van der Waals surface area contributed by atoms with Gasteiger partial charge in [0.1, 0.15) is 17.1 Å². The van der Waals surface area contributed by atoms with E-state index in [4.69, 9.17) is 10.6 Å². The SMILES string of the molecule is C=CC(=O)Nc1cccc(Nc2nc(Nc3ccc(NC4CN(N)C4)cc3OC)ncc2C(F)(F)F)c1. The number of hydrazine groups is 1. The normalized spacial score (nSPS) is 13.9. The van der Waals surface area contributed by atoms with E-state index in [1.165, 1.54) is 13.2 Å². The molecule has 2 aromatic carbocycles. The van der Waals surface area contributed by atoms with Gasteiger partial charge in [-0.15, -0.1) is 0 Å². The Morgan fingerprint density at radius 2 is 1.92 bits per heavy atom. The Morgan fingerprint density at radius 3 is 2.59 bits per heavy atom. The Balaban J connectivity index is 1.58. The summed E-state index contributed by atoms with van der Waals surface area (Å²) in [7, 11) is 1.48. The fraction of sp³-hybridized carbons (Fsp3) is 0.208. The van der Waals surface area contributed by atoms with Crippen molar-refractivity contribution in [1.29, 1.82) is 0 Å². The van der Waals surface area contributed by atoms with Crippen molar-refractivity contribution in [3.8, 4) is 5.75 Å². The van der Waals surface area contributed by atoms with Crippen molar-refractivity contribution < 1.29 is 22.7 Å². The predicted octanol–water partition coefficient (Wildman–Crippen LogP) is 4.09. The van der Waals surface area contributed by atoms with Gasteiger partial charge in [0.05, 0.1) is 18.8 Å². The van der Waals surface area contributed by atoms with Crippen molar-refractivity contribution in [3.63, 3.8) is 0 Å². The molecule has 13 heteroatoms. The number of carbonyl (C=O) groups excluding carboxylic acids is 1. The number of anilines is 6. The summed E-state index contributed by atoms with van der Waals surface area (Å²) in [4.78, 5) is 19.5. The molecular formula is C24H25F3N8O2. The van der Waals surface area contributed by atoms with Gasteiger partial charge in [0.15, 0.2) is 0 Å². The monoisotopic (exact) mass is 514 g/mol. The number of nitrogens with zero attached hydrogens (tertiary/aromatic N) is 3. The van der Waals surface area contributed by atoms with Gasteiger partial charge < -0.3 is 26.0 Å². The van der Waals surface area contributed by atoms with Crippen LogP contribution in [-0.2, 0) is 11.0 Å². The summed E-state index contributed by atoms with van der Waals surface area (Å²) in [5, 5.41) is 13.1. The molecule has 0 atom stereocenters. The van der Waals surface area contributed by atoms with Crippen LogP contribution >= 0.6 is 0 Å².